The third-order valence-electron chi connectivity index (χ3n) is 5.20. The van der Waals surface area contributed by atoms with Gasteiger partial charge in [0.05, 0.1) is 25.0 Å². The van der Waals surface area contributed by atoms with E-state index in [9.17, 15) is 9.59 Å². The molecule has 4 nitrogen and oxygen atoms in total. The van der Waals surface area contributed by atoms with Crippen molar-refractivity contribution in [2.45, 2.75) is 39.0 Å². The van der Waals surface area contributed by atoms with Crippen molar-refractivity contribution in [1.82, 2.24) is 0 Å². The normalized spacial score (nSPS) is 40.5. The molecule has 1 saturated heterocycles. The predicted molar refractivity (Wildman–Crippen MR) is 77.3 cm³/mol. The van der Waals surface area contributed by atoms with Crippen molar-refractivity contribution in [3.63, 3.8) is 0 Å². The van der Waals surface area contributed by atoms with Crippen molar-refractivity contribution in [2.75, 3.05) is 13.2 Å². The maximum absolute atomic E-state index is 12.4. The lowest BCUT2D eigenvalue weighted by atomic mass is 9.78. The number of allylic oxidation sites excluding steroid dienone is 1. The van der Waals surface area contributed by atoms with E-state index in [-0.39, 0.29) is 35.6 Å². The van der Waals surface area contributed by atoms with Crippen LogP contribution < -0.4 is 0 Å². The summed E-state index contributed by atoms with van der Waals surface area (Å²) in [6.45, 7) is 2.78. The Morgan fingerprint density at radius 1 is 0.952 bits per heavy atom. The van der Waals surface area contributed by atoms with Crippen LogP contribution in [0.15, 0.2) is 12.2 Å². The van der Waals surface area contributed by atoms with E-state index < -0.39 is 0 Å². The second kappa shape index (κ2) is 6.20. The summed E-state index contributed by atoms with van der Waals surface area (Å²) in [4.78, 5) is 24.7. The minimum absolute atomic E-state index is 0.0298. The summed E-state index contributed by atoms with van der Waals surface area (Å²) < 4.78 is 11.1. The lowest BCUT2D eigenvalue weighted by molar-refractivity contribution is -0.166. The molecule has 3 aliphatic rings. The van der Waals surface area contributed by atoms with E-state index in [1.54, 1.807) is 0 Å². The van der Waals surface area contributed by atoms with E-state index in [4.69, 9.17) is 9.47 Å². The largest absolute Gasteiger partial charge is 0.465 e. The lowest BCUT2D eigenvalue weighted by Gasteiger charge is -2.34. The summed E-state index contributed by atoms with van der Waals surface area (Å²) in [7, 11) is 0. The van der Waals surface area contributed by atoms with Gasteiger partial charge in [-0.1, -0.05) is 31.9 Å². The van der Waals surface area contributed by atoms with Gasteiger partial charge in [-0.2, -0.15) is 0 Å². The molecule has 1 aliphatic heterocycles. The van der Waals surface area contributed by atoms with Crippen LogP contribution in [-0.4, -0.2) is 25.2 Å². The van der Waals surface area contributed by atoms with Gasteiger partial charge in [-0.05, 0) is 25.2 Å². The van der Waals surface area contributed by atoms with Gasteiger partial charge in [-0.3, -0.25) is 9.59 Å². The fourth-order valence-corrected chi connectivity index (χ4v) is 3.86. The van der Waals surface area contributed by atoms with Crippen LogP contribution in [-0.2, 0) is 19.1 Å². The van der Waals surface area contributed by atoms with E-state index in [0.29, 0.717) is 19.1 Å². The first-order valence-electron chi connectivity index (χ1n) is 8.16. The second-order valence-corrected chi connectivity index (χ2v) is 6.78. The maximum Gasteiger partial charge on any atom is 0.309 e. The molecule has 1 saturated carbocycles. The van der Waals surface area contributed by atoms with E-state index in [1.165, 1.54) is 0 Å². The quantitative estimate of drug-likeness (QED) is 0.509. The monoisotopic (exact) mass is 292 g/mol. The summed E-state index contributed by atoms with van der Waals surface area (Å²) in [6.07, 6.45) is 8.90. The summed E-state index contributed by atoms with van der Waals surface area (Å²) in [5.74, 6) is 0.0235. The van der Waals surface area contributed by atoms with Crippen molar-refractivity contribution in [3.05, 3.63) is 12.2 Å². The van der Waals surface area contributed by atoms with Gasteiger partial charge in [0.15, 0.2) is 0 Å². The highest BCUT2D eigenvalue weighted by Crippen LogP contribution is 2.35. The molecule has 21 heavy (non-hydrogen) atoms. The third kappa shape index (κ3) is 3.14. The Hall–Kier alpha value is -1.32. The molecule has 2 fully saturated rings. The molecule has 0 amide bonds. The SMILES string of the molecule is C[C@@H]1C=C[C@@H]2COC(=O)[C@@H]3CCCC[C@H]3COC(=O)[C@H]2C1. The molecule has 0 aromatic rings. The minimum Gasteiger partial charge on any atom is -0.465 e. The van der Waals surface area contributed by atoms with Gasteiger partial charge < -0.3 is 9.47 Å². The minimum atomic E-state index is -0.169. The van der Waals surface area contributed by atoms with Gasteiger partial charge in [0.25, 0.3) is 0 Å². The van der Waals surface area contributed by atoms with Crippen LogP contribution >= 0.6 is 0 Å². The molecule has 0 bridgehead atoms. The van der Waals surface area contributed by atoms with Crippen LogP contribution in [0.5, 0.6) is 0 Å². The Morgan fingerprint density at radius 2 is 1.67 bits per heavy atom. The van der Waals surface area contributed by atoms with Gasteiger partial charge in [0, 0.05) is 11.8 Å². The number of carbonyl (C=O) groups excluding carboxylic acids is 2. The predicted octanol–water partition coefficient (Wildman–Crippen LogP) is 2.72. The Kier molecular flexibility index (Phi) is 4.32. The first kappa shape index (κ1) is 14.6. The van der Waals surface area contributed by atoms with Crippen LogP contribution in [0.1, 0.15) is 39.0 Å². The van der Waals surface area contributed by atoms with E-state index in [1.807, 2.05) is 6.08 Å². The first-order chi connectivity index (χ1) is 10.1. The van der Waals surface area contributed by atoms with Gasteiger partial charge in [-0.15, -0.1) is 0 Å². The number of carbonyl (C=O) groups is 2. The number of hydrogen-bond acceptors (Lipinski definition) is 4. The molecular formula is C17H24O4. The summed E-state index contributed by atoms with van der Waals surface area (Å²) in [6, 6.07) is 0. The van der Waals surface area contributed by atoms with E-state index in [0.717, 1.165) is 32.1 Å². The summed E-state index contributed by atoms with van der Waals surface area (Å²) in [5.41, 5.74) is 0. The van der Waals surface area contributed by atoms with Crippen LogP contribution in [0.4, 0.5) is 0 Å². The number of fused-ring (bicyclic) bond motifs is 2. The van der Waals surface area contributed by atoms with Gasteiger partial charge >= 0.3 is 11.9 Å². The molecule has 1 heterocycles. The highest BCUT2D eigenvalue weighted by atomic mass is 16.5. The molecule has 0 unspecified atom stereocenters. The van der Waals surface area contributed by atoms with Crippen LogP contribution in [0.2, 0.25) is 0 Å². The standard InChI is InChI=1S/C17H24O4/c1-11-6-7-13-10-20-16(18)14-5-3-2-4-12(14)9-21-17(19)15(13)8-11/h6-7,11-15H,2-5,8-10H2,1H3/t11-,12+,13-,14-,15+/m1/s1. The number of rotatable bonds is 0. The Bertz CT molecular complexity index is 442. The smallest absolute Gasteiger partial charge is 0.309 e. The number of cyclic esters (lactones) is 2. The molecule has 0 aromatic heterocycles. The first-order valence-corrected chi connectivity index (χ1v) is 8.16. The van der Waals surface area contributed by atoms with Crippen LogP contribution in [0, 0.1) is 29.6 Å². The van der Waals surface area contributed by atoms with Crippen molar-refractivity contribution in [3.8, 4) is 0 Å². The van der Waals surface area contributed by atoms with Crippen LogP contribution in [0.3, 0.4) is 0 Å². The fourth-order valence-electron chi connectivity index (χ4n) is 3.86. The Morgan fingerprint density at radius 3 is 2.52 bits per heavy atom. The Balaban J connectivity index is 1.77. The molecule has 0 radical (unpaired) electrons. The van der Waals surface area contributed by atoms with Crippen molar-refractivity contribution >= 4 is 11.9 Å². The number of esters is 2. The number of hydrogen-bond donors (Lipinski definition) is 0. The molecule has 116 valence electrons. The van der Waals surface area contributed by atoms with Gasteiger partial charge in [0.1, 0.15) is 0 Å². The average molecular weight is 292 g/mol. The topological polar surface area (TPSA) is 52.6 Å². The fraction of sp³-hybridized carbons (Fsp3) is 0.765. The Labute approximate surface area is 125 Å². The number of ether oxygens (including phenoxy) is 2. The zero-order valence-corrected chi connectivity index (χ0v) is 12.6. The van der Waals surface area contributed by atoms with Crippen molar-refractivity contribution in [1.29, 1.82) is 0 Å². The highest BCUT2D eigenvalue weighted by Gasteiger charge is 2.38. The molecule has 3 rings (SSSR count). The average Bonchev–Trinajstić information content (AvgIpc) is 2.50. The molecule has 0 spiro atoms. The zero-order chi connectivity index (χ0) is 14.8. The third-order valence-corrected chi connectivity index (χ3v) is 5.20. The lowest BCUT2D eigenvalue weighted by Crippen LogP contribution is -2.39. The van der Waals surface area contributed by atoms with E-state index >= 15 is 0 Å². The molecule has 0 aromatic carbocycles. The molecule has 0 N–H and O–H groups in total. The maximum atomic E-state index is 12.4. The van der Waals surface area contributed by atoms with E-state index in [2.05, 4.69) is 13.0 Å². The van der Waals surface area contributed by atoms with Gasteiger partial charge in [0.2, 0.25) is 0 Å². The molecule has 2 aliphatic carbocycles. The van der Waals surface area contributed by atoms with Gasteiger partial charge in [-0.25, -0.2) is 0 Å². The molecule has 4 heteroatoms. The van der Waals surface area contributed by atoms with Crippen molar-refractivity contribution < 1.29 is 19.1 Å². The zero-order valence-electron chi connectivity index (χ0n) is 12.6. The highest BCUT2D eigenvalue weighted by molar-refractivity contribution is 5.75. The second-order valence-electron chi connectivity index (χ2n) is 6.78. The van der Waals surface area contributed by atoms with Crippen molar-refractivity contribution in [2.24, 2.45) is 29.6 Å². The summed E-state index contributed by atoms with van der Waals surface area (Å²) in [5, 5.41) is 0. The van der Waals surface area contributed by atoms with Crippen LogP contribution in [0.25, 0.3) is 0 Å². The molecular weight excluding hydrogens is 268 g/mol. The molecule has 5 atom stereocenters. The summed E-state index contributed by atoms with van der Waals surface area (Å²) >= 11 is 0.